The van der Waals surface area contributed by atoms with Crippen molar-refractivity contribution in [3.63, 3.8) is 0 Å². The molecule has 120 valence electrons. The molecule has 1 saturated heterocycles. The number of hydrogen-bond acceptors (Lipinski definition) is 5. The van der Waals surface area contributed by atoms with Crippen molar-refractivity contribution in [2.45, 2.75) is 32.6 Å². The molecule has 0 radical (unpaired) electrons. The number of carbonyl (C=O) groups is 1. The van der Waals surface area contributed by atoms with E-state index in [1.165, 1.54) is 0 Å². The number of anilines is 1. The average Bonchev–Trinajstić information content (AvgIpc) is 2.88. The van der Waals surface area contributed by atoms with Crippen molar-refractivity contribution < 1.29 is 13.6 Å². The summed E-state index contributed by atoms with van der Waals surface area (Å²) in [5, 5.41) is 12.5. The summed E-state index contributed by atoms with van der Waals surface area (Å²) in [6.07, 6.45) is -0.0263. The van der Waals surface area contributed by atoms with Gasteiger partial charge in [-0.15, -0.1) is 22.6 Å². The van der Waals surface area contributed by atoms with Crippen LogP contribution in [0.4, 0.5) is 13.9 Å². The van der Waals surface area contributed by atoms with Crippen LogP contribution in [0.3, 0.4) is 0 Å². The predicted octanol–water partition coefficient (Wildman–Crippen LogP) is 2.86. The zero-order chi connectivity index (χ0) is 14.5. The molecule has 0 spiro atoms. The normalized spacial score (nSPS) is 19.9. The molecule has 1 aromatic heterocycles. The van der Waals surface area contributed by atoms with Crippen LogP contribution < -0.4 is 10.6 Å². The van der Waals surface area contributed by atoms with Crippen LogP contribution in [0.1, 0.15) is 37.6 Å². The van der Waals surface area contributed by atoms with Crippen molar-refractivity contribution in [2.75, 3.05) is 18.4 Å². The number of halogens is 3. The van der Waals surface area contributed by atoms with Gasteiger partial charge in [0.2, 0.25) is 11.0 Å². The first-order chi connectivity index (χ1) is 9.56. The molecule has 0 aliphatic carbocycles. The van der Waals surface area contributed by atoms with Crippen LogP contribution in [0, 0.1) is 11.8 Å². The van der Waals surface area contributed by atoms with E-state index in [0.29, 0.717) is 23.7 Å². The molecule has 1 fully saturated rings. The van der Waals surface area contributed by atoms with Crippen LogP contribution >= 0.6 is 23.7 Å². The first-order valence-electron chi connectivity index (χ1n) is 6.68. The molecular weight excluding hydrogens is 322 g/mol. The Morgan fingerprint density at radius 3 is 2.86 bits per heavy atom. The maximum Gasteiger partial charge on any atom is 0.291 e. The lowest BCUT2D eigenvalue weighted by Crippen LogP contribution is -2.34. The number of carbonyl (C=O) groups excluding carboxylic acids is 1. The molecule has 5 nitrogen and oxygen atoms in total. The van der Waals surface area contributed by atoms with E-state index in [9.17, 15) is 13.6 Å². The average molecular weight is 341 g/mol. The van der Waals surface area contributed by atoms with Gasteiger partial charge in [-0.1, -0.05) is 18.3 Å². The quantitative estimate of drug-likeness (QED) is 0.865. The molecule has 1 aromatic rings. The zero-order valence-corrected chi connectivity index (χ0v) is 13.3. The molecule has 21 heavy (non-hydrogen) atoms. The van der Waals surface area contributed by atoms with E-state index in [2.05, 4.69) is 20.8 Å². The Labute approximate surface area is 132 Å². The third kappa shape index (κ3) is 5.44. The molecular formula is C12H19ClF2N4OS. The Hall–Kier alpha value is -0.860. The molecule has 2 N–H and O–H groups in total. The van der Waals surface area contributed by atoms with Crippen molar-refractivity contribution in [1.82, 2.24) is 15.5 Å². The number of rotatable bonds is 5. The van der Waals surface area contributed by atoms with E-state index >= 15 is 0 Å². The fourth-order valence-corrected chi connectivity index (χ4v) is 2.98. The molecule has 2 rings (SSSR count). The van der Waals surface area contributed by atoms with Crippen LogP contribution in [0.2, 0.25) is 0 Å². The van der Waals surface area contributed by atoms with Gasteiger partial charge in [-0.2, -0.15) is 0 Å². The molecule has 0 saturated carbocycles. The number of alkyl halides is 2. The van der Waals surface area contributed by atoms with Gasteiger partial charge < -0.3 is 10.6 Å². The predicted molar refractivity (Wildman–Crippen MR) is 80.1 cm³/mol. The SMILES string of the molecule is CC(CC(=O)Nc1nnc(C(F)F)s1)C1CCCNC1.Cl. The van der Waals surface area contributed by atoms with Gasteiger partial charge >= 0.3 is 0 Å². The lowest BCUT2D eigenvalue weighted by molar-refractivity contribution is -0.117. The Morgan fingerprint density at radius 2 is 2.29 bits per heavy atom. The minimum Gasteiger partial charge on any atom is -0.316 e. The third-order valence-corrected chi connectivity index (χ3v) is 4.37. The standard InChI is InChI=1S/C12H18F2N4OS.ClH/c1-7(8-3-2-4-15-6-8)5-9(19)16-12-18-17-11(20-12)10(13)14;/h7-8,10,15H,2-6H2,1H3,(H,16,18,19);1H. The van der Waals surface area contributed by atoms with Crippen LogP contribution in [0.15, 0.2) is 0 Å². The lowest BCUT2D eigenvalue weighted by Gasteiger charge is -2.27. The molecule has 2 atom stereocenters. The maximum absolute atomic E-state index is 12.4. The summed E-state index contributed by atoms with van der Waals surface area (Å²) in [7, 11) is 0. The van der Waals surface area contributed by atoms with Gasteiger partial charge in [-0.3, -0.25) is 4.79 Å². The van der Waals surface area contributed by atoms with Gasteiger partial charge in [0.1, 0.15) is 0 Å². The first kappa shape index (κ1) is 18.2. The van der Waals surface area contributed by atoms with E-state index in [1.54, 1.807) is 0 Å². The summed E-state index contributed by atoms with van der Waals surface area (Å²) in [5.41, 5.74) is 0. The summed E-state index contributed by atoms with van der Waals surface area (Å²) < 4.78 is 24.7. The Balaban J connectivity index is 0.00000220. The van der Waals surface area contributed by atoms with Gasteiger partial charge in [0, 0.05) is 6.42 Å². The van der Waals surface area contributed by atoms with Gasteiger partial charge in [-0.25, -0.2) is 8.78 Å². The highest BCUT2D eigenvalue weighted by molar-refractivity contribution is 7.15. The highest BCUT2D eigenvalue weighted by Crippen LogP contribution is 2.26. The minimum absolute atomic E-state index is 0. The van der Waals surface area contributed by atoms with E-state index in [-0.39, 0.29) is 34.4 Å². The number of aromatic nitrogens is 2. The van der Waals surface area contributed by atoms with E-state index in [0.717, 1.165) is 25.9 Å². The number of nitrogens with zero attached hydrogens (tertiary/aromatic N) is 2. The highest BCUT2D eigenvalue weighted by Gasteiger charge is 2.23. The zero-order valence-electron chi connectivity index (χ0n) is 11.6. The molecule has 1 amide bonds. The molecule has 9 heteroatoms. The molecule has 0 bridgehead atoms. The lowest BCUT2D eigenvalue weighted by atomic mass is 9.85. The Morgan fingerprint density at radius 1 is 1.52 bits per heavy atom. The first-order valence-corrected chi connectivity index (χ1v) is 7.50. The molecule has 1 aliphatic rings. The monoisotopic (exact) mass is 340 g/mol. The minimum atomic E-state index is -2.65. The maximum atomic E-state index is 12.4. The Bertz CT molecular complexity index is 454. The van der Waals surface area contributed by atoms with Crippen molar-refractivity contribution >= 4 is 34.8 Å². The molecule has 2 heterocycles. The number of piperidine rings is 1. The number of hydrogen-bond donors (Lipinski definition) is 2. The second-order valence-corrected chi connectivity index (χ2v) is 6.09. The fourth-order valence-electron chi connectivity index (χ4n) is 2.37. The fraction of sp³-hybridized carbons (Fsp3) is 0.750. The number of nitrogens with one attached hydrogen (secondary N) is 2. The second kappa shape index (κ2) is 8.55. The van der Waals surface area contributed by atoms with Gasteiger partial charge in [-0.05, 0) is 37.8 Å². The van der Waals surface area contributed by atoms with E-state index < -0.39 is 6.43 Å². The molecule has 2 unspecified atom stereocenters. The van der Waals surface area contributed by atoms with Crippen molar-refractivity contribution in [1.29, 1.82) is 0 Å². The van der Waals surface area contributed by atoms with E-state index in [1.807, 2.05) is 6.92 Å². The summed E-state index contributed by atoms with van der Waals surface area (Å²) in [5.74, 6) is 0.547. The summed E-state index contributed by atoms with van der Waals surface area (Å²) >= 11 is 0.715. The van der Waals surface area contributed by atoms with Gasteiger partial charge in [0.25, 0.3) is 6.43 Å². The largest absolute Gasteiger partial charge is 0.316 e. The summed E-state index contributed by atoms with van der Waals surface area (Å²) in [4.78, 5) is 11.9. The number of amides is 1. The topological polar surface area (TPSA) is 66.9 Å². The second-order valence-electron chi connectivity index (χ2n) is 5.08. The van der Waals surface area contributed by atoms with Gasteiger partial charge in [0.15, 0.2) is 5.01 Å². The smallest absolute Gasteiger partial charge is 0.291 e. The van der Waals surface area contributed by atoms with Crippen molar-refractivity contribution in [3.05, 3.63) is 5.01 Å². The third-order valence-electron chi connectivity index (χ3n) is 3.52. The van der Waals surface area contributed by atoms with E-state index in [4.69, 9.17) is 0 Å². The summed E-state index contributed by atoms with van der Waals surface area (Å²) in [6.45, 7) is 4.02. The van der Waals surface area contributed by atoms with Crippen LogP contribution in [-0.4, -0.2) is 29.2 Å². The summed E-state index contributed by atoms with van der Waals surface area (Å²) in [6, 6.07) is 0. The van der Waals surface area contributed by atoms with Crippen LogP contribution in [0.5, 0.6) is 0 Å². The van der Waals surface area contributed by atoms with Gasteiger partial charge in [0.05, 0.1) is 0 Å². The van der Waals surface area contributed by atoms with Crippen molar-refractivity contribution in [2.24, 2.45) is 11.8 Å². The van der Waals surface area contributed by atoms with Crippen LogP contribution in [-0.2, 0) is 4.79 Å². The Kier molecular flexibility index (Phi) is 7.41. The molecule has 0 aromatic carbocycles. The van der Waals surface area contributed by atoms with Crippen LogP contribution in [0.25, 0.3) is 0 Å². The van der Waals surface area contributed by atoms with Crippen molar-refractivity contribution in [3.8, 4) is 0 Å². The highest BCUT2D eigenvalue weighted by atomic mass is 35.5. The molecule has 1 aliphatic heterocycles.